The van der Waals surface area contributed by atoms with E-state index in [1.807, 2.05) is 0 Å². The Morgan fingerprint density at radius 2 is 0.333 bits per heavy atom. The Morgan fingerprint density at radius 1 is 0.333 bits per heavy atom. The van der Waals surface area contributed by atoms with E-state index in [1.165, 1.54) is 0 Å². The predicted molar refractivity (Wildman–Crippen MR) is 13.6 cm³/mol. The Hall–Kier alpha value is 1.95. The van der Waals surface area contributed by atoms with Crippen molar-refractivity contribution in [1.82, 2.24) is 0 Å². The van der Waals surface area contributed by atoms with Crippen LogP contribution in [-0.4, -0.2) is 38.3 Å². The zero-order valence-corrected chi connectivity index (χ0v) is 9.80. The van der Waals surface area contributed by atoms with Gasteiger partial charge in [0.25, 0.3) is 0 Å². The second kappa shape index (κ2) is 209. The first-order valence-corrected chi connectivity index (χ1v) is 0. The third-order valence-electron chi connectivity index (χ3n) is 0. The molecule has 0 amide bonds. The molecule has 7 N–H and O–H groups in total. The molecule has 0 bridgehead atoms. The Balaban J connectivity index is 0. The van der Waals surface area contributed by atoms with Crippen molar-refractivity contribution in [3.8, 4) is 0 Å². The molecule has 9 heteroatoms. The molecule has 0 rings (SSSR count). The molecular formula is H7NdO7Zr. The van der Waals surface area contributed by atoms with Crippen LogP contribution >= 0.6 is 0 Å². The van der Waals surface area contributed by atoms with Crippen LogP contribution in [0.4, 0.5) is 0 Å². The van der Waals surface area contributed by atoms with Crippen LogP contribution in [0.25, 0.3) is 0 Å². The molecule has 0 atom stereocenters. The van der Waals surface area contributed by atoms with Gasteiger partial charge in [-0.05, 0) is 0 Å². The van der Waals surface area contributed by atoms with Crippen molar-refractivity contribution in [3.63, 3.8) is 0 Å². The van der Waals surface area contributed by atoms with Gasteiger partial charge in [-0.15, -0.1) is 0 Å². The van der Waals surface area contributed by atoms with E-state index in [4.69, 9.17) is 0 Å². The van der Waals surface area contributed by atoms with E-state index in [1.54, 1.807) is 0 Å². The Kier molecular flexibility index (Phi) is 6600. The molecule has 0 saturated carbocycles. The molecule has 57 valence electrons. The molecule has 0 spiro atoms. The molecule has 0 saturated heterocycles. The molecule has 0 aromatic rings. The minimum Gasteiger partial charge on any atom is -0.870 e. The van der Waals surface area contributed by atoms with Gasteiger partial charge in [-0.25, -0.2) is 0 Å². The van der Waals surface area contributed by atoms with Crippen LogP contribution in [0.5, 0.6) is 0 Å². The Labute approximate surface area is 104 Å². The molecule has 0 fully saturated rings. The maximum absolute atomic E-state index is 0. The van der Waals surface area contributed by atoms with E-state index < -0.39 is 0 Å². The molecule has 0 aliphatic carbocycles. The molecule has 0 aliphatic heterocycles. The third-order valence-corrected chi connectivity index (χ3v) is 0. The van der Waals surface area contributed by atoms with Crippen LogP contribution < -0.4 is 0 Å². The second-order valence-electron chi connectivity index (χ2n) is 0. The summed E-state index contributed by atoms with van der Waals surface area (Å²) in [4.78, 5) is 0. The predicted octanol–water partition coefficient (Wildman–Crippen LogP) is -1.24. The standard InChI is InChI=1S/Nd.7H2O.Zr/h;7*1H2;/q+3;;;;;;;;+4/p-7. The van der Waals surface area contributed by atoms with Crippen molar-refractivity contribution in [2.24, 2.45) is 0 Å². The van der Waals surface area contributed by atoms with Crippen molar-refractivity contribution in [1.29, 1.82) is 0 Å². The zero-order chi connectivity index (χ0) is 0. The fourth-order valence-electron chi connectivity index (χ4n) is 0. The summed E-state index contributed by atoms with van der Waals surface area (Å²) >= 11 is 0. The molecular weight excluding hydrogens is 347 g/mol. The molecule has 9 heavy (non-hydrogen) atoms. The van der Waals surface area contributed by atoms with Crippen molar-refractivity contribution in [2.45, 2.75) is 0 Å². The van der Waals surface area contributed by atoms with Crippen molar-refractivity contribution < 1.29 is 105 Å². The SMILES string of the molecule is [Nd+3].[OH-].[OH-].[OH-].[OH-].[OH-].[OH-].[OH-].[Zr+4]. The van der Waals surface area contributed by atoms with Gasteiger partial charge in [-0.1, -0.05) is 0 Å². The van der Waals surface area contributed by atoms with Crippen LogP contribution in [0.15, 0.2) is 0 Å². The van der Waals surface area contributed by atoms with Crippen molar-refractivity contribution >= 4 is 0 Å². The fraction of sp³-hybridized carbons (Fsp3) is 0. The number of hydrogen-bond donors (Lipinski definition) is 0. The molecule has 0 aromatic carbocycles. The summed E-state index contributed by atoms with van der Waals surface area (Å²) in [5.41, 5.74) is 0. The normalized spacial score (nSPS) is 0. The molecule has 0 heterocycles. The van der Waals surface area contributed by atoms with Gasteiger partial charge in [0.1, 0.15) is 0 Å². The smallest absolute Gasteiger partial charge is 0.870 e. The van der Waals surface area contributed by atoms with E-state index >= 15 is 0 Å². The van der Waals surface area contributed by atoms with Crippen LogP contribution in [0.3, 0.4) is 0 Å². The summed E-state index contributed by atoms with van der Waals surface area (Å²) in [7, 11) is 0. The first kappa shape index (κ1) is 284. The Bertz CT molecular complexity index is 8.88. The average Bonchev–Trinajstić information content (AvgIpc) is 0. The topological polar surface area (TPSA) is 210 Å². The monoisotopic (exact) mass is 351 g/mol. The van der Waals surface area contributed by atoms with Gasteiger partial charge in [-0.3, -0.25) is 0 Å². The van der Waals surface area contributed by atoms with E-state index in [0.717, 1.165) is 0 Å². The molecule has 0 aliphatic rings. The van der Waals surface area contributed by atoms with Gasteiger partial charge in [0.2, 0.25) is 0 Å². The second-order valence-corrected chi connectivity index (χ2v) is 0. The van der Waals surface area contributed by atoms with Crippen LogP contribution in [0, 0.1) is 40.8 Å². The summed E-state index contributed by atoms with van der Waals surface area (Å²) in [6.45, 7) is 0. The summed E-state index contributed by atoms with van der Waals surface area (Å²) in [5, 5.41) is 0. The maximum Gasteiger partial charge on any atom is 4.00 e. The first-order valence-electron chi connectivity index (χ1n) is 0. The average molecular weight is 355 g/mol. The van der Waals surface area contributed by atoms with Gasteiger partial charge < -0.3 is 38.3 Å². The fourth-order valence-corrected chi connectivity index (χ4v) is 0. The summed E-state index contributed by atoms with van der Waals surface area (Å²) in [6.07, 6.45) is 0. The van der Waals surface area contributed by atoms with Crippen LogP contribution in [0.1, 0.15) is 0 Å². The molecule has 0 unspecified atom stereocenters. The zero-order valence-electron chi connectivity index (χ0n) is 4.13. The summed E-state index contributed by atoms with van der Waals surface area (Å²) < 4.78 is 0. The van der Waals surface area contributed by atoms with E-state index in [9.17, 15) is 0 Å². The van der Waals surface area contributed by atoms with E-state index in [2.05, 4.69) is 0 Å². The van der Waals surface area contributed by atoms with Gasteiger partial charge in [0.05, 0.1) is 0 Å². The minimum absolute atomic E-state index is 0. The van der Waals surface area contributed by atoms with Crippen molar-refractivity contribution in [2.75, 3.05) is 0 Å². The Morgan fingerprint density at radius 3 is 0.333 bits per heavy atom. The molecule has 7 nitrogen and oxygen atoms in total. The summed E-state index contributed by atoms with van der Waals surface area (Å²) in [6, 6.07) is 0. The molecule has 1 radical (unpaired) electrons. The van der Waals surface area contributed by atoms with Gasteiger partial charge in [0, 0.05) is 0 Å². The molecule has 0 aromatic heterocycles. The number of rotatable bonds is 0. The minimum atomic E-state index is 0. The van der Waals surface area contributed by atoms with E-state index in [0.29, 0.717) is 0 Å². The van der Waals surface area contributed by atoms with Gasteiger partial charge in [0.15, 0.2) is 0 Å². The van der Waals surface area contributed by atoms with Crippen LogP contribution in [0.2, 0.25) is 0 Å². The first-order chi connectivity index (χ1) is 0. The maximum atomic E-state index is 0. The quantitative estimate of drug-likeness (QED) is 0.515. The van der Waals surface area contributed by atoms with Crippen LogP contribution in [-0.2, 0) is 26.2 Å². The largest absolute Gasteiger partial charge is 4.00 e. The van der Waals surface area contributed by atoms with Crippen molar-refractivity contribution in [3.05, 3.63) is 0 Å². The third kappa shape index (κ3) is 165. The van der Waals surface area contributed by atoms with Gasteiger partial charge in [-0.2, -0.15) is 0 Å². The van der Waals surface area contributed by atoms with Gasteiger partial charge >= 0.3 is 67.0 Å². The van der Waals surface area contributed by atoms with E-state index in [-0.39, 0.29) is 105 Å². The summed E-state index contributed by atoms with van der Waals surface area (Å²) in [5.74, 6) is 0. The number of hydrogen-bond acceptors (Lipinski definition) is 7.